The summed E-state index contributed by atoms with van der Waals surface area (Å²) in [6.07, 6.45) is 4.05. The van der Waals surface area contributed by atoms with Crippen LogP contribution in [0.3, 0.4) is 0 Å². The molecule has 0 spiro atoms. The van der Waals surface area contributed by atoms with Gasteiger partial charge in [0.1, 0.15) is 0 Å². The molecule has 0 bridgehead atoms. The Morgan fingerprint density at radius 1 is 1.47 bits per heavy atom. The van der Waals surface area contributed by atoms with Crippen molar-refractivity contribution in [2.75, 3.05) is 32.6 Å². The van der Waals surface area contributed by atoms with E-state index in [-0.39, 0.29) is 0 Å². The molecule has 0 aromatic heterocycles. The van der Waals surface area contributed by atoms with Crippen LogP contribution < -0.4 is 10.6 Å². The van der Waals surface area contributed by atoms with Crippen molar-refractivity contribution in [2.24, 2.45) is 0 Å². The molecule has 88 valence electrons. The summed E-state index contributed by atoms with van der Waals surface area (Å²) in [6, 6.07) is 0. The van der Waals surface area contributed by atoms with Crippen molar-refractivity contribution in [1.82, 2.24) is 10.6 Å². The predicted octanol–water partition coefficient (Wildman–Crippen LogP) is 1.38. The van der Waals surface area contributed by atoms with Crippen molar-refractivity contribution >= 4 is 29.1 Å². The minimum absolute atomic E-state index is 0.694. The zero-order valence-electron chi connectivity index (χ0n) is 9.25. The normalized spacial score (nSPS) is 21.0. The number of thioether (sulfide) groups is 1. The summed E-state index contributed by atoms with van der Waals surface area (Å²) in [5.41, 5.74) is 0. The minimum Gasteiger partial charge on any atom is -0.383 e. The van der Waals surface area contributed by atoms with Crippen LogP contribution in [0.4, 0.5) is 0 Å². The first-order chi connectivity index (χ1) is 7.33. The standard InChI is InChI=1S/C10H20N2OS2/c1-13-6-5-11-10(14)12-8-9-4-2-3-7-15-9/h9H,2-8H2,1H3,(H2,11,12,14). The molecule has 0 aliphatic carbocycles. The molecule has 1 fully saturated rings. The van der Waals surface area contributed by atoms with Gasteiger partial charge in [-0.05, 0) is 30.8 Å². The maximum absolute atomic E-state index is 5.15. The van der Waals surface area contributed by atoms with Crippen molar-refractivity contribution in [3.05, 3.63) is 0 Å². The lowest BCUT2D eigenvalue weighted by Crippen LogP contribution is -2.40. The Bertz CT molecular complexity index is 184. The van der Waals surface area contributed by atoms with Gasteiger partial charge < -0.3 is 15.4 Å². The van der Waals surface area contributed by atoms with Gasteiger partial charge in [-0.2, -0.15) is 11.8 Å². The van der Waals surface area contributed by atoms with Crippen LogP contribution in [0.5, 0.6) is 0 Å². The van der Waals surface area contributed by atoms with Crippen molar-refractivity contribution in [3.63, 3.8) is 0 Å². The van der Waals surface area contributed by atoms with E-state index < -0.39 is 0 Å². The fourth-order valence-electron chi connectivity index (χ4n) is 1.50. The van der Waals surface area contributed by atoms with E-state index in [1.807, 2.05) is 0 Å². The Morgan fingerprint density at radius 2 is 2.33 bits per heavy atom. The summed E-state index contributed by atoms with van der Waals surface area (Å²) in [6.45, 7) is 2.46. The molecule has 0 amide bonds. The molecule has 2 N–H and O–H groups in total. The molecular formula is C10H20N2OS2. The molecule has 1 heterocycles. The molecule has 1 aliphatic heterocycles. The van der Waals surface area contributed by atoms with Crippen LogP contribution in [0.15, 0.2) is 0 Å². The number of nitrogens with one attached hydrogen (secondary N) is 2. The van der Waals surface area contributed by atoms with Crippen LogP contribution >= 0.6 is 24.0 Å². The van der Waals surface area contributed by atoms with Gasteiger partial charge in [0, 0.05) is 25.4 Å². The summed E-state index contributed by atoms with van der Waals surface area (Å²) in [5.74, 6) is 1.30. The first-order valence-corrected chi connectivity index (χ1v) is 6.91. The van der Waals surface area contributed by atoms with E-state index in [2.05, 4.69) is 22.4 Å². The maximum Gasteiger partial charge on any atom is 0.166 e. The van der Waals surface area contributed by atoms with E-state index in [1.54, 1.807) is 7.11 Å². The van der Waals surface area contributed by atoms with Crippen LogP contribution in [0.25, 0.3) is 0 Å². The van der Waals surface area contributed by atoms with Gasteiger partial charge in [0.2, 0.25) is 0 Å². The highest BCUT2D eigenvalue weighted by molar-refractivity contribution is 7.99. The smallest absolute Gasteiger partial charge is 0.166 e. The fraction of sp³-hybridized carbons (Fsp3) is 0.900. The second kappa shape index (κ2) is 8.19. The monoisotopic (exact) mass is 248 g/mol. The third-order valence-corrected chi connectivity index (χ3v) is 4.04. The molecule has 0 radical (unpaired) electrons. The Labute approximate surface area is 102 Å². The van der Waals surface area contributed by atoms with E-state index in [0.717, 1.165) is 23.5 Å². The van der Waals surface area contributed by atoms with Crippen molar-refractivity contribution < 1.29 is 4.74 Å². The third kappa shape index (κ3) is 6.22. The Balaban J connectivity index is 2.00. The van der Waals surface area contributed by atoms with E-state index >= 15 is 0 Å². The van der Waals surface area contributed by atoms with E-state index in [0.29, 0.717) is 6.61 Å². The van der Waals surface area contributed by atoms with E-state index in [1.165, 1.54) is 25.0 Å². The van der Waals surface area contributed by atoms with Gasteiger partial charge in [0.05, 0.1) is 6.61 Å². The topological polar surface area (TPSA) is 33.3 Å². The SMILES string of the molecule is COCCNC(=S)NCC1CCCCS1. The number of ether oxygens (including phenoxy) is 1. The molecule has 1 unspecified atom stereocenters. The number of methoxy groups -OCH3 is 1. The zero-order chi connectivity index (χ0) is 10.9. The molecule has 3 nitrogen and oxygen atoms in total. The molecule has 5 heteroatoms. The highest BCUT2D eigenvalue weighted by Crippen LogP contribution is 2.24. The van der Waals surface area contributed by atoms with Crippen molar-refractivity contribution in [2.45, 2.75) is 24.5 Å². The summed E-state index contributed by atoms with van der Waals surface area (Å²) < 4.78 is 4.93. The first-order valence-electron chi connectivity index (χ1n) is 5.45. The average molecular weight is 248 g/mol. The summed E-state index contributed by atoms with van der Waals surface area (Å²) in [7, 11) is 1.69. The Morgan fingerprint density at radius 3 is 3.00 bits per heavy atom. The van der Waals surface area contributed by atoms with Gasteiger partial charge in [-0.25, -0.2) is 0 Å². The average Bonchev–Trinajstić information content (AvgIpc) is 2.28. The van der Waals surface area contributed by atoms with Gasteiger partial charge in [0.25, 0.3) is 0 Å². The molecule has 1 atom stereocenters. The van der Waals surface area contributed by atoms with Gasteiger partial charge in [-0.3, -0.25) is 0 Å². The second-order valence-electron chi connectivity index (χ2n) is 3.62. The Hall–Kier alpha value is 0. The first kappa shape index (κ1) is 13.1. The van der Waals surface area contributed by atoms with Gasteiger partial charge in [-0.1, -0.05) is 6.42 Å². The Kier molecular flexibility index (Phi) is 7.13. The van der Waals surface area contributed by atoms with Gasteiger partial charge in [-0.15, -0.1) is 0 Å². The largest absolute Gasteiger partial charge is 0.383 e. The summed E-state index contributed by atoms with van der Waals surface area (Å²) in [4.78, 5) is 0. The maximum atomic E-state index is 5.15. The van der Waals surface area contributed by atoms with Crippen LogP contribution in [-0.2, 0) is 4.74 Å². The minimum atomic E-state index is 0.694. The number of rotatable bonds is 5. The number of thiocarbonyl (C=S) groups is 1. The zero-order valence-corrected chi connectivity index (χ0v) is 10.9. The molecule has 1 saturated heterocycles. The van der Waals surface area contributed by atoms with Crippen molar-refractivity contribution in [1.29, 1.82) is 0 Å². The van der Waals surface area contributed by atoms with Gasteiger partial charge in [0.15, 0.2) is 5.11 Å². The lowest BCUT2D eigenvalue weighted by atomic mass is 10.2. The quantitative estimate of drug-likeness (QED) is 0.567. The summed E-state index contributed by atoms with van der Waals surface area (Å²) >= 11 is 7.21. The molecule has 15 heavy (non-hydrogen) atoms. The van der Waals surface area contributed by atoms with Crippen LogP contribution in [-0.4, -0.2) is 42.9 Å². The highest BCUT2D eigenvalue weighted by Gasteiger charge is 2.13. The lowest BCUT2D eigenvalue weighted by Gasteiger charge is -2.22. The van der Waals surface area contributed by atoms with Gasteiger partial charge >= 0.3 is 0 Å². The van der Waals surface area contributed by atoms with Crippen molar-refractivity contribution in [3.8, 4) is 0 Å². The molecule has 0 saturated carbocycles. The van der Waals surface area contributed by atoms with Crippen LogP contribution in [0, 0.1) is 0 Å². The molecule has 1 aliphatic rings. The third-order valence-electron chi connectivity index (χ3n) is 2.36. The fourth-order valence-corrected chi connectivity index (χ4v) is 2.93. The molecule has 0 aromatic rings. The predicted molar refractivity (Wildman–Crippen MR) is 70.6 cm³/mol. The molecular weight excluding hydrogens is 228 g/mol. The second-order valence-corrected chi connectivity index (χ2v) is 5.43. The summed E-state index contributed by atoms with van der Waals surface area (Å²) in [5, 5.41) is 7.85. The van der Waals surface area contributed by atoms with Crippen LogP contribution in [0.2, 0.25) is 0 Å². The number of hydrogen-bond acceptors (Lipinski definition) is 3. The molecule has 0 aromatic carbocycles. The number of hydrogen-bond donors (Lipinski definition) is 2. The molecule has 1 rings (SSSR count). The van der Waals surface area contributed by atoms with E-state index in [4.69, 9.17) is 17.0 Å². The highest BCUT2D eigenvalue weighted by atomic mass is 32.2. The van der Waals surface area contributed by atoms with Crippen LogP contribution in [0.1, 0.15) is 19.3 Å². The lowest BCUT2D eigenvalue weighted by molar-refractivity contribution is 0.204. The van der Waals surface area contributed by atoms with E-state index in [9.17, 15) is 0 Å².